The maximum absolute atomic E-state index is 11.7. The summed E-state index contributed by atoms with van der Waals surface area (Å²) in [6.45, 7) is 2.35. The van der Waals surface area contributed by atoms with E-state index in [4.69, 9.17) is 0 Å². The first-order valence-electron chi connectivity index (χ1n) is 5.53. The van der Waals surface area contributed by atoms with Crippen LogP contribution in [0.25, 0.3) is 0 Å². The smallest absolute Gasteiger partial charge is 0.305 e. The highest BCUT2D eigenvalue weighted by atomic mass is 16.5. The topological polar surface area (TPSA) is 55.4 Å². The Bertz CT molecular complexity index is 376. The number of methoxy groups -OCH3 is 1. The van der Waals surface area contributed by atoms with Crippen LogP contribution in [0.4, 0.5) is 0 Å². The summed E-state index contributed by atoms with van der Waals surface area (Å²) in [5, 5.41) is 2.78. The van der Waals surface area contributed by atoms with Crippen LogP contribution < -0.4 is 5.32 Å². The van der Waals surface area contributed by atoms with E-state index in [1.165, 1.54) is 7.11 Å². The zero-order valence-corrected chi connectivity index (χ0v) is 10.1. The van der Waals surface area contributed by atoms with Crippen molar-refractivity contribution in [3.05, 3.63) is 35.9 Å². The Morgan fingerprint density at radius 1 is 1.29 bits per heavy atom. The number of hydrogen-bond acceptors (Lipinski definition) is 3. The van der Waals surface area contributed by atoms with Crippen LogP contribution in [0.3, 0.4) is 0 Å². The van der Waals surface area contributed by atoms with Gasteiger partial charge in [0.2, 0.25) is 0 Å². The van der Waals surface area contributed by atoms with E-state index in [1.807, 2.05) is 25.1 Å². The fraction of sp³-hybridized carbons (Fsp3) is 0.385. The molecule has 1 rings (SSSR count). The minimum Gasteiger partial charge on any atom is -0.469 e. The molecule has 1 N–H and O–H groups in total. The molecule has 0 saturated heterocycles. The van der Waals surface area contributed by atoms with Gasteiger partial charge in [0.15, 0.2) is 0 Å². The molecule has 0 saturated carbocycles. The summed E-state index contributed by atoms with van der Waals surface area (Å²) in [7, 11) is 1.36. The van der Waals surface area contributed by atoms with Gasteiger partial charge in [-0.25, -0.2) is 0 Å². The van der Waals surface area contributed by atoms with Crippen molar-refractivity contribution in [2.24, 2.45) is 5.92 Å². The first kappa shape index (κ1) is 13.2. The predicted octanol–water partition coefficient (Wildman–Crippen LogP) is 1.62. The Morgan fingerprint density at radius 2 is 1.94 bits per heavy atom. The number of rotatable bonds is 5. The highest BCUT2D eigenvalue weighted by molar-refractivity contribution is 5.94. The van der Waals surface area contributed by atoms with Gasteiger partial charge in [-0.3, -0.25) is 9.59 Å². The van der Waals surface area contributed by atoms with Gasteiger partial charge in [0.25, 0.3) is 5.91 Å². The molecule has 0 bridgehead atoms. The van der Waals surface area contributed by atoms with Gasteiger partial charge in [-0.2, -0.15) is 0 Å². The summed E-state index contributed by atoms with van der Waals surface area (Å²) in [5.41, 5.74) is 0.623. The molecule has 92 valence electrons. The number of benzene rings is 1. The van der Waals surface area contributed by atoms with Crippen molar-refractivity contribution in [3.63, 3.8) is 0 Å². The number of hydrogen-bond donors (Lipinski definition) is 1. The van der Waals surface area contributed by atoms with Crippen LogP contribution in [0.1, 0.15) is 23.7 Å². The molecule has 1 aromatic carbocycles. The molecule has 0 radical (unpaired) electrons. The molecule has 0 aromatic heterocycles. The molecule has 4 heteroatoms. The van der Waals surface area contributed by atoms with Gasteiger partial charge in [-0.05, 0) is 18.1 Å². The van der Waals surface area contributed by atoms with Crippen LogP contribution >= 0.6 is 0 Å². The molecule has 1 atom stereocenters. The van der Waals surface area contributed by atoms with Crippen LogP contribution in [0.2, 0.25) is 0 Å². The van der Waals surface area contributed by atoms with E-state index in [-0.39, 0.29) is 17.8 Å². The fourth-order valence-corrected chi connectivity index (χ4v) is 1.40. The Balaban J connectivity index is 2.36. The molecule has 0 heterocycles. The lowest BCUT2D eigenvalue weighted by atomic mass is 10.1. The number of amides is 1. The summed E-state index contributed by atoms with van der Waals surface area (Å²) in [4.78, 5) is 22.7. The van der Waals surface area contributed by atoms with Crippen molar-refractivity contribution in [2.45, 2.75) is 13.3 Å². The Labute approximate surface area is 101 Å². The van der Waals surface area contributed by atoms with Crippen molar-refractivity contribution in [3.8, 4) is 0 Å². The predicted molar refractivity (Wildman–Crippen MR) is 64.6 cm³/mol. The normalized spacial score (nSPS) is 11.6. The van der Waals surface area contributed by atoms with Gasteiger partial charge in [-0.1, -0.05) is 25.1 Å². The molecule has 4 nitrogen and oxygen atoms in total. The number of carbonyl (C=O) groups is 2. The molecule has 0 aliphatic heterocycles. The van der Waals surface area contributed by atoms with Gasteiger partial charge in [0.1, 0.15) is 0 Å². The highest BCUT2D eigenvalue weighted by Gasteiger charge is 2.11. The lowest BCUT2D eigenvalue weighted by molar-refractivity contribution is -0.141. The summed E-state index contributed by atoms with van der Waals surface area (Å²) < 4.78 is 4.56. The van der Waals surface area contributed by atoms with Crippen LogP contribution in [-0.2, 0) is 9.53 Å². The average Bonchev–Trinajstić information content (AvgIpc) is 2.36. The second-order valence-electron chi connectivity index (χ2n) is 3.96. The van der Waals surface area contributed by atoms with Crippen molar-refractivity contribution in [1.29, 1.82) is 0 Å². The lowest BCUT2D eigenvalue weighted by Gasteiger charge is -2.11. The summed E-state index contributed by atoms with van der Waals surface area (Å²) in [5.74, 6) is -0.316. The van der Waals surface area contributed by atoms with Crippen LogP contribution in [0.5, 0.6) is 0 Å². The van der Waals surface area contributed by atoms with Crippen molar-refractivity contribution in [2.75, 3.05) is 13.7 Å². The highest BCUT2D eigenvalue weighted by Crippen LogP contribution is 2.03. The largest absolute Gasteiger partial charge is 0.469 e. The van der Waals surface area contributed by atoms with Crippen LogP contribution in [0.15, 0.2) is 30.3 Å². The summed E-state index contributed by atoms with van der Waals surface area (Å²) in [6, 6.07) is 8.98. The third-order valence-electron chi connectivity index (χ3n) is 2.39. The van der Waals surface area contributed by atoms with E-state index in [9.17, 15) is 9.59 Å². The van der Waals surface area contributed by atoms with Crippen molar-refractivity contribution >= 4 is 11.9 Å². The van der Waals surface area contributed by atoms with Gasteiger partial charge in [-0.15, -0.1) is 0 Å². The average molecular weight is 235 g/mol. The van der Waals surface area contributed by atoms with E-state index in [0.717, 1.165) is 0 Å². The van der Waals surface area contributed by atoms with E-state index < -0.39 is 0 Å². The van der Waals surface area contributed by atoms with E-state index in [0.29, 0.717) is 18.5 Å². The number of carbonyl (C=O) groups excluding carboxylic acids is 2. The zero-order chi connectivity index (χ0) is 12.7. The molecule has 0 aliphatic rings. The summed E-state index contributed by atoms with van der Waals surface area (Å²) in [6.07, 6.45) is 0.311. The molecule has 0 fully saturated rings. The lowest BCUT2D eigenvalue weighted by Crippen LogP contribution is -2.29. The van der Waals surface area contributed by atoms with Crippen LogP contribution in [0, 0.1) is 5.92 Å². The Hall–Kier alpha value is -1.84. The zero-order valence-electron chi connectivity index (χ0n) is 10.1. The molecule has 1 aromatic rings. The molecule has 1 amide bonds. The van der Waals surface area contributed by atoms with E-state index in [1.54, 1.807) is 12.1 Å². The Morgan fingerprint density at radius 3 is 2.53 bits per heavy atom. The van der Waals surface area contributed by atoms with Crippen LogP contribution in [-0.4, -0.2) is 25.5 Å². The maximum Gasteiger partial charge on any atom is 0.305 e. The maximum atomic E-state index is 11.7. The first-order chi connectivity index (χ1) is 8.13. The van der Waals surface area contributed by atoms with E-state index >= 15 is 0 Å². The third-order valence-corrected chi connectivity index (χ3v) is 2.39. The fourth-order valence-electron chi connectivity index (χ4n) is 1.40. The van der Waals surface area contributed by atoms with Gasteiger partial charge in [0, 0.05) is 18.5 Å². The van der Waals surface area contributed by atoms with Gasteiger partial charge < -0.3 is 10.1 Å². The number of esters is 1. The minimum absolute atomic E-state index is 0.0649. The molecular weight excluding hydrogens is 218 g/mol. The first-order valence-corrected chi connectivity index (χ1v) is 5.53. The van der Waals surface area contributed by atoms with Crippen molar-refractivity contribution in [1.82, 2.24) is 5.32 Å². The second kappa shape index (κ2) is 6.68. The third kappa shape index (κ3) is 4.68. The quantitative estimate of drug-likeness (QED) is 0.789. The molecule has 0 spiro atoms. The van der Waals surface area contributed by atoms with Crippen molar-refractivity contribution < 1.29 is 14.3 Å². The van der Waals surface area contributed by atoms with E-state index in [2.05, 4.69) is 10.1 Å². The minimum atomic E-state index is -0.258. The standard InChI is InChI=1S/C13H17NO3/c1-10(8-12(15)17-2)9-14-13(16)11-6-4-3-5-7-11/h3-7,10H,8-9H2,1-2H3,(H,14,16). The monoisotopic (exact) mass is 235 g/mol. The number of ether oxygens (including phenoxy) is 1. The molecule has 17 heavy (non-hydrogen) atoms. The number of nitrogens with one attached hydrogen (secondary N) is 1. The molecule has 1 unspecified atom stereocenters. The Kier molecular flexibility index (Phi) is 5.20. The van der Waals surface area contributed by atoms with Gasteiger partial charge in [0.05, 0.1) is 7.11 Å². The van der Waals surface area contributed by atoms with Gasteiger partial charge >= 0.3 is 5.97 Å². The molecular formula is C13H17NO3. The SMILES string of the molecule is COC(=O)CC(C)CNC(=O)c1ccccc1. The second-order valence-corrected chi connectivity index (χ2v) is 3.96. The summed E-state index contributed by atoms with van der Waals surface area (Å²) >= 11 is 0. The molecule has 0 aliphatic carbocycles.